The number of rotatable bonds is 1. The van der Waals surface area contributed by atoms with E-state index in [4.69, 9.17) is 5.11 Å². The Bertz CT molecular complexity index is 76.9. The van der Waals surface area contributed by atoms with Crippen molar-refractivity contribution in [3.63, 3.8) is 0 Å². The van der Waals surface area contributed by atoms with E-state index in [-0.39, 0.29) is 0 Å². The summed E-state index contributed by atoms with van der Waals surface area (Å²) in [6.07, 6.45) is 1.00. The minimum atomic E-state index is -0.938. The summed E-state index contributed by atoms with van der Waals surface area (Å²) in [5.74, 6) is -0.938. The Balaban J connectivity index is 3.30. The van der Waals surface area contributed by atoms with Crippen molar-refractivity contribution in [3.05, 3.63) is 11.1 Å². The van der Waals surface area contributed by atoms with Crippen molar-refractivity contribution < 1.29 is 9.90 Å². The van der Waals surface area contributed by atoms with Crippen LogP contribution in [-0.2, 0) is 4.79 Å². The van der Waals surface area contributed by atoms with Crippen LogP contribution in [0.25, 0.3) is 0 Å². The van der Waals surface area contributed by atoms with Crippen LogP contribution >= 0.6 is 15.9 Å². The Morgan fingerprint density at radius 2 is 2.33 bits per heavy atom. The van der Waals surface area contributed by atoms with Gasteiger partial charge in [0.25, 0.3) is 0 Å². The Morgan fingerprint density at radius 3 is 2.33 bits per heavy atom. The summed E-state index contributed by atoms with van der Waals surface area (Å²) in [6.45, 7) is 0. The average Bonchev–Trinajstić information content (AvgIpc) is 1.35. The van der Waals surface area contributed by atoms with Crippen molar-refractivity contribution in [3.8, 4) is 0 Å². The van der Waals surface area contributed by atoms with Crippen LogP contribution in [0.15, 0.2) is 11.1 Å². The highest BCUT2D eigenvalue weighted by Gasteiger charge is 1.77. The molecule has 0 rings (SSSR count). The van der Waals surface area contributed by atoms with Crippen molar-refractivity contribution in [2.45, 2.75) is 0 Å². The maximum absolute atomic E-state index is 9.48. The second-order valence-electron chi connectivity index (χ2n) is 0.631. The number of carbonyl (C=O) groups is 1. The largest absolute Gasteiger partial charge is 0.478 e. The first kappa shape index (κ1) is 5.69. The lowest BCUT2D eigenvalue weighted by Crippen LogP contribution is -1.83. The number of hydrogen-bond donors (Lipinski definition) is 1. The molecule has 0 atom stereocenters. The highest BCUT2D eigenvalue weighted by atomic mass is 79.9. The van der Waals surface area contributed by atoms with E-state index in [1.165, 1.54) is 4.99 Å². The van der Waals surface area contributed by atoms with Gasteiger partial charge in [-0.05, 0) is 4.99 Å². The predicted octanol–water partition coefficient (Wildman–Crippen LogP) is 0.980. The molecule has 0 aliphatic rings. The average molecular weight is 151 g/mol. The third kappa shape index (κ3) is 3.69. The molecule has 0 aromatic carbocycles. The summed E-state index contributed by atoms with van der Waals surface area (Å²) in [4.78, 5) is 10.8. The minimum Gasteiger partial charge on any atom is -0.478 e. The van der Waals surface area contributed by atoms with Gasteiger partial charge in [-0.25, -0.2) is 4.79 Å². The van der Waals surface area contributed by atoms with Gasteiger partial charge in [-0.1, -0.05) is 15.9 Å². The quantitative estimate of drug-likeness (QED) is 0.567. The van der Waals surface area contributed by atoms with Crippen LogP contribution in [0, 0.1) is 0 Å². The Hall–Kier alpha value is -0.310. The molecule has 0 saturated carbocycles. The van der Waals surface area contributed by atoms with Gasteiger partial charge in [0.1, 0.15) is 0 Å². The SMILES string of the molecule is O=C(O)/C=C\Br. The van der Waals surface area contributed by atoms with Gasteiger partial charge < -0.3 is 5.11 Å². The third-order valence-corrected chi connectivity index (χ3v) is 0.470. The molecule has 1 N–H and O–H groups in total. The number of carboxylic acids is 1. The molecule has 0 spiro atoms. The Morgan fingerprint density at radius 1 is 1.83 bits per heavy atom. The first-order valence-corrected chi connectivity index (χ1v) is 2.18. The molecule has 6 heavy (non-hydrogen) atoms. The van der Waals surface area contributed by atoms with Gasteiger partial charge in [-0.15, -0.1) is 0 Å². The fourth-order valence-corrected chi connectivity index (χ4v) is 0.280. The van der Waals surface area contributed by atoms with Gasteiger partial charge in [0, 0.05) is 6.08 Å². The number of carboxylic acid groups (broad SMARTS) is 1. The summed E-state index contributed by atoms with van der Waals surface area (Å²) in [6, 6.07) is 0. The van der Waals surface area contributed by atoms with Crippen LogP contribution < -0.4 is 0 Å². The third-order valence-electron chi connectivity index (χ3n) is 0.206. The van der Waals surface area contributed by atoms with E-state index in [1.54, 1.807) is 0 Å². The van der Waals surface area contributed by atoms with Crippen LogP contribution in [0.2, 0.25) is 0 Å². The molecule has 0 aliphatic heterocycles. The number of halogens is 1. The molecular weight excluding hydrogens is 148 g/mol. The molecule has 0 fully saturated rings. The normalized spacial score (nSPS) is 9.50. The summed E-state index contributed by atoms with van der Waals surface area (Å²) in [5.41, 5.74) is 0. The van der Waals surface area contributed by atoms with Crippen LogP contribution in [0.5, 0.6) is 0 Å². The molecule has 0 radical (unpaired) electrons. The lowest BCUT2D eigenvalue weighted by molar-refractivity contribution is -0.131. The number of hydrogen-bond acceptors (Lipinski definition) is 1. The second-order valence-corrected chi connectivity index (χ2v) is 1.16. The van der Waals surface area contributed by atoms with E-state index in [0.717, 1.165) is 6.08 Å². The highest BCUT2D eigenvalue weighted by molar-refractivity contribution is 9.11. The van der Waals surface area contributed by atoms with Crippen LogP contribution in [0.4, 0.5) is 0 Å². The summed E-state index contributed by atoms with van der Waals surface area (Å²) < 4.78 is 0. The van der Waals surface area contributed by atoms with E-state index in [9.17, 15) is 4.79 Å². The van der Waals surface area contributed by atoms with Gasteiger partial charge in [0.05, 0.1) is 0 Å². The molecular formula is C3H3BrO2. The molecule has 0 aromatic heterocycles. The molecule has 0 unspecified atom stereocenters. The van der Waals surface area contributed by atoms with Crippen LogP contribution in [-0.4, -0.2) is 11.1 Å². The van der Waals surface area contributed by atoms with E-state index in [0.29, 0.717) is 0 Å². The zero-order valence-electron chi connectivity index (χ0n) is 2.89. The van der Waals surface area contributed by atoms with E-state index in [1.807, 2.05) is 0 Å². The molecule has 0 amide bonds. The zero-order chi connectivity index (χ0) is 4.99. The summed E-state index contributed by atoms with van der Waals surface area (Å²) >= 11 is 2.79. The maximum Gasteiger partial charge on any atom is 0.328 e. The molecule has 3 heteroatoms. The van der Waals surface area contributed by atoms with Crippen molar-refractivity contribution in [1.82, 2.24) is 0 Å². The van der Waals surface area contributed by atoms with Crippen molar-refractivity contribution >= 4 is 21.9 Å². The van der Waals surface area contributed by atoms with Crippen molar-refractivity contribution in [2.75, 3.05) is 0 Å². The number of aliphatic carboxylic acids is 1. The highest BCUT2D eigenvalue weighted by Crippen LogP contribution is 1.79. The van der Waals surface area contributed by atoms with Crippen molar-refractivity contribution in [1.29, 1.82) is 0 Å². The van der Waals surface area contributed by atoms with E-state index in [2.05, 4.69) is 15.9 Å². The van der Waals surface area contributed by atoms with Gasteiger partial charge in [0.15, 0.2) is 0 Å². The van der Waals surface area contributed by atoms with Gasteiger partial charge >= 0.3 is 5.97 Å². The molecule has 0 saturated heterocycles. The topological polar surface area (TPSA) is 37.3 Å². The van der Waals surface area contributed by atoms with Gasteiger partial charge in [-0.3, -0.25) is 0 Å². The lowest BCUT2D eigenvalue weighted by Gasteiger charge is -1.67. The Kier molecular flexibility index (Phi) is 2.75. The summed E-state index contributed by atoms with van der Waals surface area (Å²) in [5, 5.41) is 7.80. The first-order valence-electron chi connectivity index (χ1n) is 1.27. The summed E-state index contributed by atoms with van der Waals surface area (Å²) in [7, 11) is 0. The lowest BCUT2D eigenvalue weighted by atomic mass is 10.7. The van der Waals surface area contributed by atoms with Gasteiger partial charge in [-0.2, -0.15) is 0 Å². The minimum absolute atomic E-state index is 0.938. The molecule has 34 valence electrons. The van der Waals surface area contributed by atoms with E-state index >= 15 is 0 Å². The molecule has 0 aliphatic carbocycles. The smallest absolute Gasteiger partial charge is 0.328 e. The standard InChI is InChI=1S/C3H3BrO2/c4-2-1-3(5)6/h1-2H,(H,5,6)/b2-1-. The monoisotopic (exact) mass is 150 g/mol. The first-order chi connectivity index (χ1) is 2.77. The van der Waals surface area contributed by atoms with E-state index < -0.39 is 5.97 Å². The zero-order valence-corrected chi connectivity index (χ0v) is 4.47. The van der Waals surface area contributed by atoms with Crippen LogP contribution in [0.3, 0.4) is 0 Å². The second kappa shape index (κ2) is 2.90. The van der Waals surface area contributed by atoms with Crippen molar-refractivity contribution in [2.24, 2.45) is 0 Å². The predicted molar refractivity (Wildman–Crippen MR) is 25.7 cm³/mol. The molecule has 0 bridgehead atoms. The van der Waals surface area contributed by atoms with Crippen LogP contribution in [0.1, 0.15) is 0 Å². The molecule has 2 nitrogen and oxygen atoms in total. The fraction of sp³-hybridized carbons (Fsp3) is 0. The maximum atomic E-state index is 9.48. The van der Waals surface area contributed by atoms with Gasteiger partial charge in [0.2, 0.25) is 0 Å². The fourth-order valence-electron chi connectivity index (χ4n) is 0.0539. The Labute approximate surface area is 43.6 Å². The molecule has 0 heterocycles. The molecule has 0 aromatic rings.